The number of rotatable bonds is 57. The van der Waals surface area contributed by atoms with E-state index in [1.807, 2.05) is 0 Å². The van der Waals surface area contributed by atoms with E-state index < -0.39 is 26.5 Å². The first-order valence-electron chi connectivity index (χ1n) is 30.1. The lowest BCUT2D eigenvalue weighted by atomic mass is 10.0. The van der Waals surface area contributed by atoms with Gasteiger partial charge in [-0.25, -0.2) is 4.57 Å². The normalized spacial score (nSPS) is 13.4. The highest BCUT2D eigenvalue weighted by Crippen LogP contribution is 2.43. The molecule has 10 heteroatoms. The van der Waals surface area contributed by atoms with Crippen LogP contribution in [0.2, 0.25) is 0 Å². The summed E-state index contributed by atoms with van der Waals surface area (Å²) in [6.07, 6.45) is 70.4. The Morgan fingerprint density at radius 2 is 0.775 bits per heavy atom. The molecule has 0 aliphatic rings. The molecule has 0 radical (unpaired) electrons. The number of phosphoric ester groups is 1. The van der Waals surface area contributed by atoms with E-state index in [4.69, 9.17) is 24.3 Å². The topological polar surface area (TPSA) is 134 Å². The lowest BCUT2D eigenvalue weighted by molar-refractivity contribution is -0.161. The van der Waals surface area contributed by atoms with E-state index >= 15 is 0 Å². The van der Waals surface area contributed by atoms with Gasteiger partial charge >= 0.3 is 19.8 Å². The monoisotopic (exact) mass is 1020 g/mol. The largest absolute Gasteiger partial charge is 0.472 e. The zero-order valence-corrected chi connectivity index (χ0v) is 47.4. The van der Waals surface area contributed by atoms with E-state index in [-0.39, 0.29) is 38.6 Å². The van der Waals surface area contributed by atoms with Gasteiger partial charge in [0.1, 0.15) is 6.61 Å². The highest BCUT2D eigenvalue weighted by molar-refractivity contribution is 7.47. The Labute approximate surface area is 438 Å². The molecule has 0 aromatic carbocycles. The lowest BCUT2D eigenvalue weighted by Gasteiger charge is -2.19. The van der Waals surface area contributed by atoms with Gasteiger partial charge in [-0.05, 0) is 51.4 Å². The fourth-order valence-electron chi connectivity index (χ4n) is 8.81. The molecule has 0 bridgehead atoms. The highest BCUT2D eigenvalue weighted by Gasteiger charge is 2.26. The first kappa shape index (κ1) is 69.0. The van der Waals surface area contributed by atoms with Crippen LogP contribution in [-0.2, 0) is 32.7 Å². The van der Waals surface area contributed by atoms with Crippen molar-refractivity contribution in [2.24, 2.45) is 5.73 Å². The molecule has 0 saturated heterocycles. The molecule has 9 nitrogen and oxygen atoms in total. The average Bonchev–Trinajstić information content (AvgIpc) is 3.36. The number of carbonyl (C=O) groups excluding carboxylic acids is 2. The van der Waals surface area contributed by atoms with Crippen molar-refractivity contribution in [1.29, 1.82) is 0 Å². The molecule has 0 fully saturated rings. The zero-order valence-electron chi connectivity index (χ0n) is 46.5. The van der Waals surface area contributed by atoms with Gasteiger partial charge in [0.25, 0.3) is 0 Å². The van der Waals surface area contributed by atoms with E-state index in [2.05, 4.69) is 62.5 Å². The van der Waals surface area contributed by atoms with Gasteiger partial charge in [0, 0.05) is 19.4 Å². The molecule has 0 saturated carbocycles. The third kappa shape index (κ3) is 57.1. The summed E-state index contributed by atoms with van der Waals surface area (Å²) in [5.74, 6) is -0.810. The van der Waals surface area contributed by atoms with Crippen LogP contribution in [0.15, 0.2) is 48.6 Å². The molecule has 0 spiro atoms. The quantitative estimate of drug-likeness (QED) is 0.0264. The van der Waals surface area contributed by atoms with Crippen molar-refractivity contribution in [2.45, 2.75) is 302 Å². The van der Waals surface area contributed by atoms with Gasteiger partial charge in [0.2, 0.25) is 0 Å². The average molecular weight is 1020 g/mol. The number of ether oxygens (including phenoxy) is 2. The van der Waals surface area contributed by atoms with Crippen LogP contribution in [0.4, 0.5) is 0 Å². The van der Waals surface area contributed by atoms with E-state index in [0.29, 0.717) is 6.42 Å². The Bertz CT molecular complexity index is 1300. The zero-order chi connectivity index (χ0) is 51.7. The number of hydrogen-bond acceptors (Lipinski definition) is 8. The van der Waals surface area contributed by atoms with Crippen molar-refractivity contribution in [3.63, 3.8) is 0 Å². The molecule has 0 aliphatic carbocycles. The summed E-state index contributed by atoms with van der Waals surface area (Å²) in [5.41, 5.74) is 5.38. The van der Waals surface area contributed by atoms with Crippen LogP contribution >= 0.6 is 7.82 Å². The van der Waals surface area contributed by atoms with Crippen LogP contribution in [0.1, 0.15) is 296 Å². The van der Waals surface area contributed by atoms with Crippen molar-refractivity contribution >= 4 is 19.8 Å². The van der Waals surface area contributed by atoms with E-state index in [0.717, 1.165) is 57.8 Å². The van der Waals surface area contributed by atoms with Crippen LogP contribution in [0.25, 0.3) is 0 Å². The molecule has 0 aromatic rings. The number of nitrogens with two attached hydrogens (primary N) is 1. The highest BCUT2D eigenvalue weighted by atomic mass is 31.2. The number of carbonyl (C=O) groups is 2. The summed E-state index contributed by atoms with van der Waals surface area (Å²) in [6, 6.07) is 0. The smallest absolute Gasteiger partial charge is 0.462 e. The maximum Gasteiger partial charge on any atom is 0.472 e. The summed E-state index contributed by atoms with van der Waals surface area (Å²) in [5, 5.41) is 0. The Morgan fingerprint density at radius 1 is 0.437 bits per heavy atom. The van der Waals surface area contributed by atoms with Crippen LogP contribution < -0.4 is 5.73 Å². The maximum atomic E-state index is 12.7. The Hall–Kier alpha value is -2.03. The second-order valence-corrected chi connectivity index (χ2v) is 21.7. The van der Waals surface area contributed by atoms with Crippen molar-refractivity contribution in [3.05, 3.63) is 48.6 Å². The molecule has 0 amide bonds. The molecular weight excluding hydrogens is 906 g/mol. The van der Waals surface area contributed by atoms with Gasteiger partial charge in [-0.3, -0.25) is 18.6 Å². The number of hydrogen-bond donors (Lipinski definition) is 2. The van der Waals surface area contributed by atoms with Crippen molar-refractivity contribution in [3.8, 4) is 0 Å². The van der Waals surface area contributed by atoms with Gasteiger partial charge in [-0.15, -0.1) is 0 Å². The number of phosphoric acid groups is 1. The van der Waals surface area contributed by atoms with Gasteiger partial charge in [0.15, 0.2) is 6.10 Å². The fourth-order valence-corrected chi connectivity index (χ4v) is 9.57. The standard InChI is InChI=1S/C61H114NO8P/c1-3-5-7-9-11-13-15-17-19-21-22-23-24-25-26-27-28-29-30-31-32-33-34-35-36-38-40-42-44-46-48-50-52-54-61(64)70-59(58-69-71(65,66)68-56-55-62)57-67-60(63)53-51-49-47-45-43-41-39-37-20-18-16-14-12-10-8-6-4-2/h5,7,11,13,17,19,22-23,59H,3-4,6,8-10,12,14-16,18,20-21,24-58,62H2,1-2H3,(H,65,66)/b7-5-,13-11-,19-17-,23-22-. The van der Waals surface area contributed by atoms with Crippen LogP contribution in [0, 0.1) is 0 Å². The fraction of sp³-hybridized carbons (Fsp3) is 0.836. The number of allylic oxidation sites excluding steroid dienone is 8. The lowest BCUT2D eigenvalue weighted by Crippen LogP contribution is -2.29. The molecule has 0 aromatic heterocycles. The molecule has 71 heavy (non-hydrogen) atoms. The first-order chi connectivity index (χ1) is 34.8. The predicted molar refractivity (Wildman–Crippen MR) is 303 cm³/mol. The van der Waals surface area contributed by atoms with E-state index in [1.165, 1.54) is 205 Å². The third-order valence-corrected chi connectivity index (χ3v) is 14.2. The van der Waals surface area contributed by atoms with Crippen LogP contribution in [0.3, 0.4) is 0 Å². The summed E-state index contributed by atoms with van der Waals surface area (Å²) < 4.78 is 33.1. The number of esters is 2. The molecule has 416 valence electrons. The second kappa shape index (κ2) is 57.3. The molecule has 2 atom stereocenters. The third-order valence-electron chi connectivity index (χ3n) is 13.2. The molecule has 0 rings (SSSR count). The molecule has 0 aliphatic heterocycles. The van der Waals surface area contributed by atoms with Gasteiger partial charge in [-0.2, -0.15) is 0 Å². The SMILES string of the molecule is CC/C=C\C/C=C\C/C=C\C/C=C\CCCCCCCCCCCCCCCCCCCCCCC(=O)OC(COC(=O)CCCCCCCCCCCCCCCCCCC)COP(=O)(O)OCCN. The van der Waals surface area contributed by atoms with E-state index in [9.17, 15) is 19.0 Å². The van der Waals surface area contributed by atoms with Gasteiger partial charge in [0.05, 0.1) is 13.2 Å². The Balaban J connectivity index is 3.85. The predicted octanol–water partition coefficient (Wildman–Crippen LogP) is 19.0. The Morgan fingerprint density at radius 3 is 1.15 bits per heavy atom. The molecule has 3 N–H and O–H groups in total. The Kier molecular flexibility index (Phi) is 55.6. The summed E-state index contributed by atoms with van der Waals surface area (Å²) in [7, 11) is -4.38. The second-order valence-electron chi connectivity index (χ2n) is 20.2. The van der Waals surface area contributed by atoms with Crippen molar-refractivity contribution < 1.29 is 37.6 Å². The molecule has 2 unspecified atom stereocenters. The minimum absolute atomic E-state index is 0.0556. The van der Waals surface area contributed by atoms with Gasteiger partial charge < -0.3 is 20.1 Å². The number of unbranched alkanes of at least 4 members (excludes halogenated alkanes) is 36. The van der Waals surface area contributed by atoms with Crippen LogP contribution in [0.5, 0.6) is 0 Å². The molecule has 0 heterocycles. The van der Waals surface area contributed by atoms with E-state index in [1.54, 1.807) is 0 Å². The minimum atomic E-state index is -4.38. The van der Waals surface area contributed by atoms with Crippen LogP contribution in [-0.4, -0.2) is 49.3 Å². The summed E-state index contributed by atoms with van der Waals surface area (Å²) >= 11 is 0. The van der Waals surface area contributed by atoms with Gasteiger partial charge in [-0.1, -0.05) is 281 Å². The first-order valence-corrected chi connectivity index (χ1v) is 31.6. The molecular formula is C61H114NO8P. The summed E-state index contributed by atoms with van der Waals surface area (Å²) in [6.45, 7) is 3.68. The minimum Gasteiger partial charge on any atom is -0.462 e. The summed E-state index contributed by atoms with van der Waals surface area (Å²) in [4.78, 5) is 35.2. The van der Waals surface area contributed by atoms with Crippen molar-refractivity contribution in [2.75, 3.05) is 26.4 Å². The van der Waals surface area contributed by atoms with Crippen molar-refractivity contribution in [1.82, 2.24) is 0 Å². The maximum absolute atomic E-state index is 12.7.